The summed E-state index contributed by atoms with van der Waals surface area (Å²) in [5, 5.41) is 21.2. The summed E-state index contributed by atoms with van der Waals surface area (Å²) >= 11 is 0. The van der Waals surface area contributed by atoms with E-state index in [2.05, 4.69) is 4.98 Å². The first-order valence-corrected chi connectivity index (χ1v) is 10.5. The number of carbonyl (C=O) groups excluding carboxylic acids is 2. The second kappa shape index (κ2) is 7.94. The smallest absolute Gasteiger partial charge is 0.295 e. The number of hydrogen-bond acceptors (Lipinski definition) is 5. The van der Waals surface area contributed by atoms with Gasteiger partial charge >= 0.3 is 0 Å². The number of ketones is 1. The van der Waals surface area contributed by atoms with Crippen molar-refractivity contribution < 1.29 is 19.8 Å². The Balaban J connectivity index is 1.72. The molecule has 2 aromatic carbocycles. The van der Waals surface area contributed by atoms with E-state index in [1.165, 1.54) is 17.0 Å². The predicted octanol–water partition coefficient (Wildman–Crippen LogP) is 3.97. The molecular weight excluding hydrogens is 418 g/mol. The average molecular weight is 439 g/mol. The molecule has 5 rings (SSSR count). The van der Waals surface area contributed by atoms with Crippen LogP contribution >= 0.6 is 0 Å². The normalized spacial score (nSPS) is 17.7. The zero-order chi connectivity index (χ0) is 23.1. The Hall–Kier alpha value is -4.39. The number of fused-ring (bicyclic) bond motifs is 1. The molecule has 4 aromatic rings. The van der Waals surface area contributed by atoms with E-state index in [0.29, 0.717) is 22.6 Å². The summed E-state index contributed by atoms with van der Waals surface area (Å²) in [5.41, 5.74) is 2.99. The van der Waals surface area contributed by atoms with Crippen molar-refractivity contribution in [1.29, 1.82) is 0 Å². The van der Waals surface area contributed by atoms with Gasteiger partial charge in [-0.25, -0.2) is 4.98 Å². The monoisotopic (exact) mass is 439 g/mol. The standard InChI is InChI=1S/C26H21N3O4/c1-16-22(28-14-6-5-9-20(28)27-16)24(31)21-23(18-10-12-19(30)13-11-18)29(26(33)25(21)32)15-17-7-3-2-4-8-17/h2-14,23,30-31H,15H2,1H3. The maximum atomic E-state index is 13.3. The molecule has 1 fully saturated rings. The molecule has 1 aliphatic heterocycles. The molecular formula is C26H21N3O4. The van der Waals surface area contributed by atoms with Crippen LogP contribution in [0.4, 0.5) is 0 Å². The van der Waals surface area contributed by atoms with Crippen LogP contribution in [0.2, 0.25) is 0 Å². The Morgan fingerprint density at radius 2 is 1.67 bits per heavy atom. The van der Waals surface area contributed by atoms with Crippen molar-refractivity contribution >= 4 is 23.1 Å². The van der Waals surface area contributed by atoms with E-state index in [-0.39, 0.29) is 23.6 Å². The van der Waals surface area contributed by atoms with Gasteiger partial charge in [-0.05, 0) is 42.3 Å². The number of imidazole rings is 1. The third kappa shape index (κ3) is 3.43. The molecule has 0 radical (unpaired) electrons. The highest BCUT2D eigenvalue weighted by Gasteiger charge is 2.46. The Morgan fingerprint density at radius 1 is 0.970 bits per heavy atom. The number of aromatic nitrogens is 2. The first-order chi connectivity index (χ1) is 16.0. The van der Waals surface area contributed by atoms with Crippen molar-refractivity contribution in [2.75, 3.05) is 0 Å². The number of phenols is 1. The van der Waals surface area contributed by atoms with Gasteiger partial charge in [-0.15, -0.1) is 0 Å². The van der Waals surface area contributed by atoms with Crippen LogP contribution in [0.25, 0.3) is 11.4 Å². The lowest BCUT2D eigenvalue weighted by molar-refractivity contribution is -0.140. The molecule has 0 aliphatic carbocycles. The van der Waals surface area contributed by atoms with Gasteiger partial charge in [0.05, 0.1) is 17.3 Å². The van der Waals surface area contributed by atoms with Crippen molar-refractivity contribution in [2.45, 2.75) is 19.5 Å². The fourth-order valence-corrected chi connectivity index (χ4v) is 4.35. The predicted molar refractivity (Wildman–Crippen MR) is 122 cm³/mol. The Kier molecular flexibility index (Phi) is 4.94. The van der Waals surface area contributed by atoms with E-state index in [0.717, 1.165) is 5.56 Å². The number of hydrogen-bond donors (Lipinski definition) is 2. The summed E-state index contributed by atoms with van der Waals surface area (Å²) in [6.07, 6.45) is 1.75. The van der Waals surface area contributed by atoms with E-state index in [9.17, 15) is 19.8 Å². The highest BCUT2D eigenvalue weighted by molar-refractivity contribution is 6.46. The second-order valence-corrected chi connectivity index (χ2v) is 7.98. The average Bonchev–Trinajstić information content (AvgIpc) is 3.28. The Morgan fingerprint density at radius 3 is 2.39 bits per heavy atom. The summed E-state index contributed by atoms with van der Waals surface area (Å²) < 4.78 is 1.70. The van der Waals surface area contributed by atoms with E-state index in [4.69, 9.17) is 0 Å². The van der Waals surface area contributed by atoms with Gasteiger partial charge in [-0.3, -0.25) is 14.0 Å². The summed E-state index contributed by atoms with van der Waals surface area (Å²) in [6, 6.07) is 20.3. The third-order valence-corrected chi connectivity index (χ3v) is 5.87. The summed E-state index contributed by atoms with van der Waals surface area (Å²) in [6.45, 7) is 1.94. The number of Topliss-reactive ketones (excluding diaryl/α,β-unsaturated/α-hetero) is 1. The lowest BCUT2D eigenvalue weighted by Gasteiger charge is -2.25. The molecule has 0 bridgehead atoms. The molecule has 3 heterocycles. The van der Waals surface area contributed by atoms with Crippen LogP contribution in [0, 0.1) is 6.92 Å². The number of aryl methyl sites for hydroxylation is 1. The van der Waals surface area contributed by atoms with Gasteiger partial charge in [0.25, 0.3) is 11.7 Å². The first-order valence-electron chi connectivity index (χ1n) is 10.5. The number of aromatic hydroxyl groups is 1. The fourth-order valence-electron chi connectivity index (χ4n) is 4.35. The first kappa shape index (κ1) is 20.5. The Labute approximate surface area is 189 Å². The van der Waals surface area contributed by atoms with Crippen LogP contribution in [-0.2, 0) is 16.1 Å². The zero-order valence-electron chi connectivity index (χ0n) is 17.8. The molecule has 1 aliphatic rings. The highest BCUT2D eigenvalue weighted by atomic mass is 16.3. The topological polar surface area (TPSA) is 95.1 Å². The van der Waals surface area contributed by atoms with Crippen molar-refractivity contribution in [3.63, 3.8) is 0 Å². The number of carbonyl (C=O) groups is 2. The number of rotatable bonds is 4. The number of aliphatic hydroxyl groups is 1. The van der Waals surface area contributed by atoms with Gasteiger partial charge < -0.3 is 15.1 Å². The number of pyridine rings is 1. The number of benzene rings is 2. The van der Waals surface area contributed by atoms with Gasteiger partial charge in [0.2, 0.25) is 0 Å². The Bertz CT molecular complexity index is 1400. The van der Waals surface area contributed by atoms with Crippen LogP contribution in [0.5, 0.6) is 5.75 Å². The van der Waals surface area contributed by atoms with Gasteiger partial charge in [0, 0.05) is 12.7 Å². The van der Waals surface area contributed by atoms with Crippen LogP contribution in [-0.4, -0.2) is 36.2 Å². The number of aliphatic hydroxyl groups excluding tert-OH is 1. The molecule has 0 saturated carbocycles. The largest absolute Gasteiger partial charge is 0.508 e. The van der Waals surface area contributed by atoms with E-state index >= 15 is 0 Å². The molecule has 1 atom stereocenters. The quantitative estimate of drug-likeness (QED) is 0.285. The van der Waals surface area contributed by atoms with Gasteiger partial charge in [0.1, 0.15) is 17.1 Å². The lowest BCUT2D eigenvalue weighted by Crippen LogP contribution is -2.29. The minimum absolute atomic E-state index is 0.00428. The van der Waals surface area contributed by atoms with Gasteiger partial charge in [0.15, 0.2) is 5.76 Å². The van der Waals surface area contributed by atoms with Crippen molar-refractivity contribution in [2.24, 2.45) is 0 Å². The maximum Gasteiger partial charge on any atom is 0.295 e. The van der Waals surface area contributed by atoms with E-state index < -0.39 is 17.7 Å². The van der Waals surface area contributed by atoms with Crippen LogP contribution < -0.4 is 0 Å². The summed E-state index contributed by atoms with van der Waals surface area (Å²) in [7, 11) is 0. The van der Waals surface area contributed by atoms with Crippen LogP contribution in [0.15, 0.2) is 84.6 Å². The minimum atomic E-state index is -0.820. The molecule has 7 heteroatoms. The van der Waals surface area contributed by atoms with Crippen molar-refractivity contribution in [1.82, 2.24) is 14.3 Å². The molecule has 0 spiro atoms. The number of likely N-dealkylation sites (tertiary alicyclic amines) is 1. The molecule has 2 aromatic heterocycles. The minimum Gasteiger partial charge on any atom is -0.508 e. The number of phenolic OH excluding ortho intramolecular Hbond substituents is 1. The van der Waals surface area contributed by atoms with Gasteiger partial charge in [-0.1, -0.05) is 48.5 Å². The highest BCUT2D eigenvalue weighted by Crippen LogP contribution is 2.41. The van der Waals surface area contributed by atoms with Gasteiger partial charge in [-0.2, -0.15) is 0 Å². The SMILES string of the molecule is Cc1nc2ccccn2c1C(O)=C1C(=O)C(=O)N(Cc2ccccc2)C1c1ccc(O)cc1. The second-order valence-electron chi connectivity index (χ2n) is 7.98. The molecule has 33 heavy (non-hydrogen) atoms. The number of nitrogens with zero attached hydrogens (tertiary/aromatic N) is 3. The van der Waals surface area contributed by atoms with Crippen LogP contribution in [0.3, 0.4) is 0 Å². The molecule has 7 nitrogen and oxygen atoms in total. The lowest BCUT2D eigenvalue weighted by atomic mass is 9.96. The number of amides is 1. The summed E-state index contributed by atoms with van der Waals surface area (Å²) in [5.74, 6) is -1.66. The summed E-state index contributed by atoms with van der Waals surface area (Å²) in [4.78, 5) is 32.3. The molecule has 164 valence electrons. The molecule has 1 amide bonds. The van der Waals surface area contributed by atoms with Crippen molar-refractivity contribution in [3.8, 4) is 5.75 Å². The molecule has 2 N–H and O–H groups in total. The zero-order valence-corrected chi connectivity index (χ0v) is 17.8. The van der Waals surface area contributed by atoms with E-state index in [1.807, 2.05) is 36.4 Å². The fraction of sp³-hybridized carbons (Fsp3) is 0.115. The molecule has 1 saturated heterocycles. The van der Waals surface area contributed by atoms with Crippen molar-refractivity contribution in [3.05, 3.63) is 107 Å². The maximum absolute atomic E-state index is 13.3. The third-order valence-electron chi connectivity index (χ3n) is 5.87. The van der Waals surface area contributed by atoms with E-state index in [1.54, 1.807) is 41.8 Å². The van der Waals surface area contributed by atoms with Crippen LogP contribution in [0.1, 0.15) is 28.6 Å². The molecule has 1 unspecified atom stereocenters.